The molecule has 0 saturated carbocycles. The van der Waals surface area contributed by atoms with E-state index in [0.29, 0.717) is 0 Å². The zero-order valence-electron chi connectivity index (χ0n) is 9.85. The van der Waals surface area contributed by atoms with Crippen LogP contribution in [0.25, 0.3) is 0 Å². The van der Waals surface area contributed by atoms with Gasteiger partial charge in [0, 0.05) is 4.83 Å². The Balaban J connectivity index is 2.10. The van der Waals surface area contributed by atoms with Gasteiger partial charge < -0.3 is 0 Å². The van der Waals surface area contributed by atoms with Gasteiger partial charge in [-0.1, -0.05) is 54.5 Å². The average Bonchev–Trinajstić information content (AvgIpc) is 2.24. The smallest absolute Gasteiger partial charge is 0.0145 e. The van der Waals surface area contributed by atoms with Crippen molar-refractivity contribution in [2.45, 2.75) is 69.0 Å². The lowest BCUT2D eigenvalue weighted by atomic mass is 10.1. The lowest BCUT2D eigenvalue weighted by Crippen LogP contribution is -1.99. The first-order chi connectivity index (χ1) is 7.39. The summed E-state index contributed by atoms with van der Waals surface area (Å²) in [5.74, 6) is 2.79. The van der Waals surface area contributed by atoms with Gasteiger partial charge in [-0.2, -0.15) is 11.8 Å². The fraction of sp³-hybridized carbons (Fsp3) is 1.00. The predicted octanol–water partition coefficient (Wildman–Crippen LogP) is 5.40. The van der Waals surface area contributed by atoms with E-state index >= 15 is 0 Å². The zero-order chi connectivity index (χ0) is 10.8. The van der Waals surface area contributed by atoms with Crippen LogP contribution in [0.4, 0.5) is 0 Å². The molecule has 1 atom stereocenters. The molecule has 0 aromatic rings. The van der Waals surface area contributed by atoms with Crippen molar-refractivity contribution in [1.82, 2.24) is 0 Å². The Labute approximate surface area is 108 Å². The second-order valence-electron chi connectivity index (χ2n) is 4.62. The fourth-order valence-corrected chi connectivity index (χ4v) is 3.76. The van der Waals surface area contributed by atoms with Crippen LogP contribution in [0.5, 0.6) is 0 Å². The maximum atomic E-state index is 3.81. The molecule has 1 aliphatic rings. The Morgan fingerprint density at radius 2 is 1.13 bits per heavy atom. The third-order valence-corrected chi connectivity index (χ3v) is 5.18. The Morgan fingerprint density at radius 3 is 1.87 bits per heavy atom. The third kappa shape index (κ3) is 8.62. The van der Waals surface area contributed by atoms with Crippen LogP contribution in [0.15, 0.2) is 0 Å². The number of hydrogen-bond acceptors (Lipinski definition) is 1. The van der Waals surface area contributed by atoms with Crippen LogP contribution in [0.2, 0.25) is 0 Å². The molecule has 0 aromatic carbocycles. The number of thioether (sulfide) groups is 1. The van der Waals surface area contributed by atoms with Crippen LogP contribution >= 0.6 is 27.7 Å². The van der Waals surface area contributed by atoms with Crippen molar-refractivity contribution in [2.75, 3.05) is 11.5 Å². The maximum Gasteiger partial charge on any atom is 0.0145 e. The molecule has 0 N–H and O–H groups in total. The molecule has 1 rings (SSSR count). The van der Waals surface area contributed by atoms with Gasteiger partial charge in [-0.3, -0.25) is 0 Å². The first-order valence-electron chi connectivity index (χ1n) is 6.61. The van der Waals surface area contributed by atoms with Crippen molar-refractivity contribution in [3.63, 3.8) is 0 Å². The van der Waals surface area contributed by atoms with Crippen molar-refractivity contribution < 1.29 is 0 Å². The molecule has 2 heteroatoms. The van der Waals surface area contributed by atoms with Gasteiger partial charge in [-0.15, -0.1) is 0 Å². The second-order valence-corrected chi connectivity index (χ2v) is 7.14. The summed E-state index contributed by atoms with van der Waals surface area (Å²) in [7, 11) is 0. The van der Waals surface area contributed by atoms with Gasteiger partial charge in [0.2, 0.25) is 0 Å². The maximum absolute atomic E-state index is 3.81. The van der Waals surface area contributed by atoms with Crippen molar-refractivity contribution >= 4 is 27.7 Å². The van der Waals surface area contributed by atoms with Crippen LogP contribution in [-0.4, -0.2) is 16.3 Å². The Kier molecular flexibility index (Phi) is 9.28. The van der Waals surface area contributed by atoms with E-state index in [-0.39, 0.29) is 0 Å². The van der Waals surface area contributed by atoms with Crippen molar-refractivity contribution in [1.29, 1.82) is 0 Å². The molecule has 0 aromatic heterocycles. The number of hydrogen-bond donors (Lipinski definition) is 0. The normalized spacial score (nSPS) is 28.2. The van der Waals surface area contributed by atoms with E-state index in [4.69, 9.17) is 0 Å². The molecule has 0 nitrogen and oxygen atoms in total. The van der Waals surface area contributed by atoms with E-state index in [0.717, 1.165) is 4.83 Å². The molecule has 15 heavy (non-hydrogen) atoms. The van der Waals surface area contributed by atoms with Crippen LogP contribution in [-0.2, 0) is 0 Å². The first kappa shape index (κ1) is 13.9. The molecule has 1 aliphatic heterocycles. The SMILES string of the molecule is BrC1CCCCCCCCSCCCC1. The van der Waals surface area contributed by atoms with E-state index in [1.165, 1.54) is 75.7 Å². The van der Waals surface area contributed by atoms with Gasteiger partial charge in [0.15, 0.2) is 0 Å². The number of rotatable bonds is 0. The van der Waals surface area contributed by atoms with Gasteiger partial charge >= 0.3 is 0 Å². The molecule has 0 bridgehead atoms. The molecule has 1 saturated heterocycles. The van der Waals surface area contributed by atoms with E-state index in [9.17, 15) is 0 Å². The van der Waals surface area contributed by atoms with Gasteiger partial charge in [0.25, 0.3) is 0 Å². The second kappa shape index (κ2) is 10.0. The van der Waals surface area contributed by atoms with Crippen molar-refractivity contribution in [3.8, 4) is 0 Å². The van der Waals surface area contributed by atoms with E-state index in [1.807, 2.05) is 0 Å². The summed E-state index contributed by atoms with van der Waals surface area (Å²) >= 11 is 5.97. The number of halogens is 1. The van der Waals surface area contributed by atoms with E-state index < -0.39 is 0 Å². The zero-order valence-corrected chi connectivity index (χ0v) is 12.3. The Bertz CT molecular complexity index is 124. The van der Waals surface area contributed by atoms with Crippen molar-refractivity contribution in [3.05, 3.63) is 0 Å². The molecule has 0 radical (unpaired) electrons. The van der Waals surface area contributed by atoms with Crippen LogP contribution in [0.3, 0.4) is 0 Å². The fourth-order valence-electron chi connectivity index (χ4n) is 2.09. The van der Waals surface area contributed by atoms with Gasteiger partial charge in [-0.05, 0) is 37.2 Å². The molecule has 1 fully saturated rings. The molecule has 1 heterocycles. The molecular formula is C13H25BrS. The Hall–Kier alpha value is 0.830. The molecule has 0 aliphatic carbocycles. The molecule has 0 amide bonds. The quantitative estimate of drug-likeness (QED) is 0.539. The standard InChI is InChI=1S/C13H25BrS/c14-13-9-5-3-1-2-4-7-11-15-12-8-6-10-13/h13H,1-12H2. The Morgan fingerprint density at radius 1 is 0.667 bits per heavy atom. The van der Waals surface area contributed by atoms with Gasteiger partial charge in [-0.25, -0.2) is 0 Å². The summed E-state index contributed by atoms with van der Waals surface area (Å²) in [6, 6.07) is 0. The summed E-state index contributed by atoms with van der Waals surface area (Å²) in [5, 5.41) is 0. The minimum Gasteiger partial charge on any atom is -0.162 e. The summed E-state index contributed by atoms with van der Waals surface area (Å²) in [6.45, 7) is 0. The van der Waals surface area contributed by atoms with Crippen LogP contribution < -0.4 is 0 Å². The highest BCUT2D eigenvalue weighted by Gasteiger charge is 2.04. The highest BCUT2D eigenvalue weighted by atomic mass is 79.9. The van der Waals surface area contributed by atoms with Crippen LogP contribution in [0, 0.1) is 0 Å². The number of alkyl halides is 1. The molecule has 90 valence electrons. The monoisotopic (exact) mass is 292 g/mol. The third-order valence-electron chi connectivity index (χ3n) is 3.11. The van der Waals surface area contributed by atoms with E-state index in [2.05, 4.69) is 27.7 Å². The van der Waals surface area contributed by atoms with E-state index in [1.54, 1.807) is 0 Å². The molecular weight excluding hydrogens is 268 g/mol. The lowest BCUT2D eigenvalue weighted by Gasteiger charge is -2.10. The summed E-state index contributed by atoms with van der Waals surface area (Å²) in [6.07, 6.45) is 14.4. The minimum atomic E-state index is 0.797. The van der Waals surface area contributed by atoms with Crippen LogP contribution in [0.1, 0.15) is 64.2 Å². The van der Waals surface area contributed by atoms with Gasteiger partial charge in [0.05, 0.1) is 0 Å². The summed E-state index contributed by atoms with van der Waals surface area (Å²) in [4.78, 5) is 0.797. The minimum absolute atomic E-state index is 0.797. The summed E-state index contributed by atoms with van der Waals surface area (Å²) in [5.41, 5.74) is 0. The molecule has 1 unspecified atom stereocenters. The largest absolute Gasteiger partial charge is 0.162 e. The molecule has 0 spiro atoms. The van der Waals surface area contributed by atoms with Crippen molar-refractivity contribution in [2.24, 2.45) is 0 Å². The first-order valence-corrected chi connectivity index (χ1v) is 8.68. The predicted molar refractivity (Wildman–Crippen MR) is 76.2 cm³/mol. The van der Waals surface area contributed by atoms with Gasteiger partial charge in [0.1, 0.15) is 0 Å². The highest BCUT2D eigenvalue weighted by Crippen LogP contribution is 2.20. The average molecular weight is 293 g/mol. The lowest BCUT2D eigenvalue weighted by molar-refractivity contribution is 0.565. The topological polar surface area (TPSA) is 0 Å². The highest BCUT2D eigenvalue weighted by molar-refractivity contribution is 9.09. The summed E-state index contributed by atoms with van der Waals surface area (Å²) < 4.78 is 0.